The van der Waals surface area contributed by atoms with Gasteiger partial charge in [0.05, 0.1) is 33.3 Å². The first kappa shape index (κ1) is 25.1. The van der Waals surface area contributed by atoms with Crippen molar-refractivity contribution < 1.29 is 0 Å². The molecule has 6 aromatic carbocycles. The summed E-state index contributed by atoms with van der Waals surface area (Å²) in [6.07, 6.45) is 2.12. The van der Waals surface area contributed by atoms with Crippen LogP contribution in [0, 0.1) is 0 Å². The van der Waals surface area contributed by atoms with Gasteiger partial charge in [-0.05, 0) is 47.3 Å². The van der Waals surface area contributed by atoms with Crippen LogP contribution in [0.1, 0.15) is 0 Å². The summed E-state index contributed by atoms with van der Waals surface area (Å²) in [5, 5.41) is 12.0. The number of para-hydroxylation sites is 3. The van der Waals surface area contributed by atoms with E-state index in [0.29, 0.717) is 0 Å². The maximum Gasteiger partial charge on any atom is 0.0933 e. The van der Waals surface area contributed by atoms with Crippen molar-refractivity contribution in [2.24, 2.45) is 0 Å². The number of aromatic nitrogens is 4. The second-order valence-electron chi connectivity index (χ2n) is 11.9. The lowest BCUT2D eigenvalue weighted by atomic mass is 9.96. The van der Waals surface area contributed by atoms with Crippen molar-refractivity contribution in [3.05, 3.63) is 158 Å². The summed E-state index contributed by atoms with van der Waals surface area (Å²) in [4.78, 5) is 5.37. The smallest absolute Gasteiger partial charge is 0.0933 e. The summed E-state index contributed by atoms with van der Waals surface area (Å²) in [7, 11) is 0. The quantitative estimate of drug-likeness (QED) is 0.193. The topological polar surface area (TPSA) is 35.1 Å². The van der Waals surface area contributed by atoms with Gasteiger partial charge >= 0.3 is 0 Å². The zero-order valence-electron chi connectivity index (χ0n) is 24.8. The molecule has 46 heavy (non-hydrogen) atoms. The fraction of sp³-hybridized carbons (Fsp3) is 0. The van der Waals surface area contributed by atoms with Crippen LogP contribution in [0.15, 0.2) is 158 Å². The van der Waals surface area contributed by atoms with Crippen LogP contribution in [0.3, 0.4) is 0 Å². The minimum Gasteiger partial charge on any atom is -0.309 e. The third-order valence-electron chi connectivity index (χ3n) is 9.33. The van der Waals surface area contributed by atoms with Crippen molar-refractivity contribution in [2.45, 2.75) is 0 Å². The van der Waals surface area contributed by atoms with Crippen LogP contribution < -0.4 is 0 Å². The Morgan fingerprint density at radius 3 is 1.91 bits per heavy atom. The first-order valence-corrected chi connectivity index (χ1v) is 15.6. The molecule has 4 heterocycles. The van der Waals surface area contributed by atoms with E-state index in [-0.39, 0.29) is 0 Å². The van der Waals surface area contributed by atoms with Gasteiger partial charge in [-0.3, -0.25) is 0 Å². The number of rotatable bonds is 3. The number of hydrogen-bond acceptors (Lipinski definition) is 2. The van der Waals surface area contributed by atoms with Crippen LogP contribution in [0.2, 0.25) is 0 Å². The summed E-state index contributed by atoms with van der Waals surface area (Å²) < 4.78 is 4.40. The number of fused-ring (bicyclic) bond motifs is 10. The van der Waals surface area contributed by atoms with E-state index in [9.17, 15) is 0 Å². The summed E-state index contributed by atoms with van der Waals surface area (Å²) >= 11 is 0. The molecule has 0 aliphatic heterocycles. The number of hydrogen-bond donors (Lipinski definition) is 0. The van der Waals surface area contributed by atoms with Crippen molar-refractivity contribution in [3.8, 4) is 28.1 Å². The third kappa shape index (κ3) is 3.61. The minimum atomic E-state index is 0.986. The molecule has 10 rings (SSSR count). The molecule has 0 fully saturated rings. The predicted molar refractivity (Wildman–Crippen MR) is 191 cm³/mol. The van der Waals surface area contributed by atoms with E-state index in [1.165, 1.54) is 27.2 Å². The molecule has 10 aromatic rings. The summed E-state index contributed by atoms with van der Waals surface area (Å²) in [5.41, 5.74) is 10.9. The first-order chi connectivity index (χ1) is 22.8. The number of pyridine rings is 2. The van der Waals surface area contributed by atoms with E-state index in [2.05, 4.69) is 156 Å². The molecule has 0 aliphatic rings. The van der Waals surface area contributed by atoms with Gasteiger partial charge in [0, 0.05) is 49.9 Å². The zero-order chi connectivity index (χ0) is 30.2. The molecular formula is C42H26N4. The summed E-state index contributed by atoms with van der Waals surface area (Å²) in [6.45, 7) is 0. The minimum absolute atomic E-state index is 0.986. The lowest BCUT2D eigenvalue weighted by Crippen LogP contribution is -1.97. The highest BCUT2D eigenvalue weighted by atomic mass is 15.2. The van der Waals surface area contributed by atoms with Gasteiger partial charge in [0.15, 0.2) is 0 Å². The SMILES string of the molecule is c1ccc(-n2c3ccccc3c3ccc4c5ccccc5nc(-c5ccc(-c6ccc7c8ccccc8nn7c6)cc5)c4c32)cc1. The van der Waals surface area contributed by atoms with Gasteiger partial charge in [-0.25, -0.2) is 9.50 Å². The zero-order valence-corrected chi connectivity index (χ0v) is 24.8. The highest BCUT2D eigenvalue weighted by Crippen LogP contribution is 2.42. The van der Waals surface area contributed by atoms with E-state index in [4.69, 9.17) is 10.1 Å². The molecule has 0 saturated carbocycles. The Balaban J connectivity index is 1.23. The van der Waals surface area contributed by atoms with Crippen LogP contribution in [0.5, 0.6) is 0 Å². The van der Waals surface area contributed by atoms with E-state index in [1.54, 1.807) is 0 Å². The van der Waals surface area contributed by atoms with Gasteiger partial charge in [-0.15, -0.1) is 0 Å². The van der Waals surface area contributed by atoms with Gasteiger partial charge in [0.25, 0.3) is 0 Å². The van der Waals surface area contributed by atoms with Crippen molar-refractivity contribution in [2.75, 3.05) is 0 Å². The molecule has 0 aliphatic carbocycles. The lowest BCUT2D eigenvalue weighted by molar-refractivity contribution is 0.983. The molecule has 4 aromatic heterocycles. The molecule has 0 atom stereocenters. The molecular weight excluding hydrogens is 560 g/mol. The van der Waals surface area contributed by atoms with Gasteiger partial charge in [0.1, 0.15) is 0 Å². The lowest BCUT2D eigenvalue weighted by Gasteiger charge is -2.15. The second-order valence-corrected chi connectivity index (χ2v) is 11.9. The largest absolute Gasteiger partial charge is 0.309 e. The highest BCUT2D eigenvalue weighted by molar-refractivity contribution is 6.25. The van der Waals surface area contributed by atoms with E-state index >= 15 is 0 Å². The summed E-state index contributed by atoms with van der Waals surface area (Å²) in [5.74, 6) is 0. The van der Waals surface area contributed by atoms with Crippen LogP contribution in [0.25, 0.3) is 88.0 Å². The Kier molecular flexibility index (Phi) is 5.25. The molecule has 0 unspecified atom stereocenters. The van der Waals surface area contributed by atoms with Crippen molar-refractivity contribution >= 4 is 59.9 Å². The van der Waals surface area contributed by atoms with Gasteiger partial charge in [-0.1, -0.05) is 115 Å². The molecule has 214 valence electrons. The van der Waals surface area contributed by atoms with Crippen molar-refractivity contribution in [1.82, 2.24) is 19.2 Å². The Hall–Kier alpha value is -6.26. The predicted octanol–water partition coefficient (Wildman–Crippen LogP) is 10.6. The molecule has 4 heteroatoms. The van der Waals surface area contributed by atoms with Crippen LogP contribution in [-0.4, -0.2) is 19.2 Å². The van der Waals surface area contributed by atoms with Gasteiger partial charge in [-0.2, -0.15) is 5.10 Å². The maximum atomic E-state index is 5.37. The fourth-order valence-electron chi connectivity index (χ4n) is 7.22. The standard InChI is InChI=1S/C42H26N4/c1-2-10-30(11-3-1)46-39-17-9-6-13-32(39)34-24-23-33-31-12-4-7-15-36(31)43-41(40(33)42(34)46)28-20-18-27(19-21-28)29-22-25-38-35-14-5-8-16-37(35)44-45(38)26-29/h1-26H. The maximum absolute atomic E-state index is 5.37. The average Bonchev–Trinajstić information content (AvgIpc) is 3.67. The molecule has 0 spiro atoms. The van der Waals surface area contributed by atoms with Crippen molar-refractivity contribution in [1.29, 1.82) is 0 Å². The Morgan fingerprint density at radius 2 is 1.07 bits per heavy atom. The third-order valence-corrected chi connectivity index (χ3v) is 9.33. The highest BCUT2D eigenvalue weighted by Gasteiger charge is 2.20. The molecule has 0 amide bonds. The average molecular weight is 587 g/mol. The molecule has 0 bridgehead atoms. The van der Waals surface area contributed by atoms with E-state index < -0.39 is 0 Å². The first-order valence-electron chi connectivity index (χ1n) is 15.6. The summed E-state index contributed by atoms with van der Waals surface area (Å²) in [6, 6.07) is 53.9. The van der Waals surface area contributed by atoms with E-state index in [0.717, 1.165) is 60.8 Å². The van der Waals surface area contributed by atoms with Crippen LogP contribution in [-0.2, 0) is 0 Å². The molecule has 0 saturated heterocycles. The number of benzene rings is 6. The number of nitrogens with zero attached hydrogens (tertiary/aromatic N) is 4. The molecule has 0 radical (unpaired) electrons. The molecule has 0 N–H and O–H groups in total. The Morgan fingerprint density at radius 1 is 0.413 bits per heavy atom. The van der Waals surface area contributed by atoms with Crippen LogP contribution in [0.4, 0.5) is 0 Å². The molecule has 4 nitrogen and oxygen atoms in total. The van der Waals surface area contributed by atoms with E-state index in [1.807, 2.05) is 10.6 Å². The van der Waals surface area contributed by atoms with Crippen LogP contribution >= 0.6 is 0 Å². The second kappa shape index (κ2) is 9.62. The Labute approximate surface area is 264 Å². The normalized spacial score (nSPS) is 11.9. The monoisotopic (exact) mass is 586 g/mol. The van der Waals surface area contributed by atoms with Gasteiger partial charge < -0.3 is 4.57 Å². The van der Waals surface area contributed by atoms with Crippen molar-refractivity contribution in [3.63, 3.8) is 0 Å². The fourth-order valence-corrected chi connectivity index (χ4v) is 7.22. The van der Waals surface area contributed by atoms with Gasteiger partial charge in [0.2, 0.25) is 0 Å². The Bertz CT molecular complexity index is 2790.